The first-order valence-corrected chi connectivity index (χ1v) is 7.20. The molecule has 1 aromatic heterocycles. The van der Waals surface area contributed by atoms with E-state index >= 15 is 0 Å². The molecule has 0 amide bonds. The van der Waals surface area contributed by atoms with Gasteiger partial charge in [-0.2, -0.15) is 5.26 Å². The minimum Gasteiger partial charge on any atom is -0.326 e. The molecule has 3 nitrogen and oxygen atoms in total. The number of hydrogen-bond donors (Lipinski definition) is 0. The maximum atomic E-state index is 9.17. The minimum absolute atomic E-state index is 0.388. The molecule has 0 bridgehead atoms. The molecule has 98 valence electrons. The highest BCUT2D eigenvalue weighted by molar-refractivity contribution is 6.16. The first-order valence-electron chi connectivity index (χ1n) is 6.67. The van der Waals surface area contributed by atoms with Crippen LogP contribution in [0.1, 0.15) is 37.6 Å². The Morgan fingerprint density at radius 1 is 1.47 bits per heavy atom. The fourth-order valence-electron chi connectivity index (χ4n) is 2.70. The van der Waals surface area contributed by atoms with Crippen molar-refractivity contribution in [1.82, 2.24) is 9.55 Å². The van der Waals surface area contributed by atoms with Gasteiger partial charge in [-0.1, -0.05) is 13.0 Å². The number of benzene rings is 1. The molecule has 1 aliphatic carbocycles. The topological polar surface area (TPSA) is 41.6 Å². The number of hydrogen-bond acceptors (Lipinski definition) is 2. The van der Waals surface area contributed by atoms with Gasteiger partial charge < -0.3 is 4.57 Å². The van der Waals surface area contributed by atoms with E-state index in [2.05, 4.69) is 22.5 Å². The van der Waals surface area contributed by atoms with Crippen LogP contribution in [0.3, 0.4) is 0 Å². The van der Waals surface area contributed by atoms with Crippen molar-refractivity contribution in [3.63, 3.8) is 0 Å². The van der Waals surface area contributed by atoms with E-state index in [1.165, 1.54) is 19.3 Å². The summed E-state index contributed by atoms with van der Waals surface area (Å²) in [6.45, 7) is 3.21. The number of imidazole rings is 1. The van der Waals surface area contributed by atoms with Gasteiger partial charge in [0.1, 0.15) is 17.4 Å². The molecule has 4 heteroatoms. The van der Waals surface area contributed by atoms with Crippen LogP contribution < -0.4 is 0 Å². The van der Waals surface area contributed by atoms with Crippen LogP contribution in [0, 0.1) is 16.7 Å². The molecule has 0 unspecified atom stereocenters. The van der Waals surface area contributed by atoms with Crippen LogP contribution in [0.4, 0.5) is 0 Å². The number of halogens is 1. The van der Waals surface area contributed by atoms with E-state index in [0.29, 0.717) is 16.9 Å². The van der Waals surface area contributed by atoms with Crippen LogP contribution >= 0.6 is 11.6 Å². The Bertz CT molecular complexity index is 662. The third kappa shape index (κ3) is 2.01. The van der Waals surface area contributed by atoms with Gasteiger partial charge in [-0.25, -0.2) is 4.98 Å². The van der Waals surface area contributed by atoms with Crippen molar-refractivity contribution in [3.8, 4) is 6.07 Å². The van der Waals surface area contributed by atoms with Crippen molar-refractivity contribution in [3.05, 3.63) is 29.6 Å². The van der Waals surface area contributed by atoms with Crippen molar-refractivity contribution >= 4 is 22.6 Å². The van der Waals surface area contributed by atoms with E-state index in [-0.39, 0.29) is 0 Å². The zero-order chi connectivity index (χ0) is 13.5. The predicted molar refractivity (Wildman–Crippen MR) is 76.0 cm³/mol. The van der Waals surface area contributed by atoms with Gasteiger partial charge in [-0.05, 0) is 36.8 Å². The van der Waals surface area contributed by atoms with Gasteiger partial charge >= 0.3 is 0 Å². The number of nitrogens with zero attached hydrogens (tertiary/aromatic N) is 3. The number of alkyl halides is 1. The molecule has 0 atom stereocenters. The minimum atomic E-state index is 0.388. The molecule has 1 saturated carbocycles. The van der Waals surface area contributed by atoms with Crippen LogP contribution in [0.5, 0.6) is 0 Å². The normalized spacial score (nSPS) is 16.5. The Morgan fingerprint density at radius 3 is 2.84 bits per heavy atom. The van der Waals surface area contributed by atoms with E-state index in [0.717, 1.165) is 23.4 Å². The Labute approximate surface area is 117 Å². The lowest BCUT2D eigenvalue weighted by Gasteiger charge is -2.15. The van der Waals surface area contributed by atoms with Gasteiger partial charge in [0.25, 0.3) is 0 Å². The number of para-hydroxylation sites is 1. The van der Waals surface area contributed by atoms with Gasteiger partial charge in [0.05, 0.1) is 17.0 Å². The zero-order valence-corrected chi connectivity index (χ0v) is 11.7. The Balaban J connectivity index is 2.14. The largest absolute Gasteiger partial charge is 0.326 e. The molecular weight excluding hydrogens is 258 g/mol. The molecular formula is C15H16ClN3. The van der Waals surface area contributed by atoms with Crippen molar-refractivity contribution in [1.29, 1.82) is 5.26 Å². The number of rotatable bonds is 4. The van der Waals surface area contributed by atoms with Crippen molar-refractivity contribution in [2.45, 2.75) is 38.6 Å². The summed E-state index contributed by atoms with van der Waals surface area (Å²) < 4.78 is 2.21. The standard InChI is InChI=1S/C15H16ClN3/c1-2-15(6-7-15)10-19-12-5-3-4-11(9-17)14(12)18-13(19)8-16/h3-5H,2,6-8,10H2,1H3. The van der Waals surface area contributed by atoms with Crippen LogP contribution in [0.15, 0.2) is 18.2 Å². The highest BCUT2D eigenvalue weighted by Gasteiger charge is 2.41. The van der Waals surface area contributed by atoms with Gasteiger partial charge in [0, 0.05) is 6.54 Å². The number of nitriles is 1. The number of aromatic nitrogens is 2. The highest BCUT2D eigenvalue weighted by atomic mass is 35.5. The molecule has 3 rings (SSSR count). The molecule has 19 heavy (non-hydrogen) atoms. The first-order chi connectivity index (χ1) is 9.23. The lowest BCUT2D eigenvalue weighted by molar-refractivity contribution is 0.410. The average Bonchev–Trinajstić information content (AvgIpc) is 3.14. The van der Waals surface area contributed by atoms with Crippen molar-refractivity contribution < 1.29 is 0 Å². The molecule has 1 fully saturated rings. The second-order valence-electron chi connectivity index (χ2n) is 5.39. The summed E-state index contributed by atoms with van der Waals surface area (Å²) in [5, 5.41) is 9.17. The van der Waals surface area contributed by atoms with E-state index in [4.69, 9.17) is 16.9 Å². The summed E-state index contributed by atoms with van der Waals surface area (Å²) in [6.07, 6.45) is 3.75. The van der Waals surface area contributed by atoms with Gasteiger partial charge in [0.15, 0.2) is 0 Å². The maximum Gasteiger partial charge on any atom is 0.124 e. The highest BCUT2D eigenvalue weighted by Crippen LogP contribution is 2.50. The molecule has 0 aliphatic heterocycles. The number of fused-ring (bicyclic) bond motifs is 1. The van der Waals surface area contributed by atoms with Crippen LogP contribution in [0.2, 0.25) is 0 Å². The fourth-order valence-corrected chi connectivity index (χ4v) is 2.90. The van der Waals surface area contributed by atoms with E-state index in [1.54, 1.807) is 0 Å². The van der Waals surface area contributed by atoms with E-state index < -0.39 is 0 Å². The van der Waals surface area contributed by atoms with Gasteiger partial charge in [-0.3, -0.25) is 0 Å². The second-order valence-corrected chi connectivity index (χ2v) is 5.65. The molecule has 1 aromatic carbocycles. The van der Waals surface area contributed by atoms with Crippen LogP contribution in [-0.2, 0) is 12.4 Å². The molecule has 0 N–H and O–H groups in total. The Morgan fingerprint density at radius 2 is 2.26 bits per heavy atom. The quantitative estimate of drug-likeness (QED) is 0.794. The molecule has 2 aromatic rings. The summed E-state index contributed by atoms with van der Waals surface area (Å²) in [5.74, 6) is 1.26. The van der Waals surface area contributed by atoms with E-state index in [9.17, 15) is 0 Å². The summed E-state index contributed by atoms with van der Waals surface area (Å²) in [5.41, 5.74) is 2.88. The molecule has 0 spiro atoms. The fraction of sp³-hybridized carbons (Fsp3) is 0.467. The third-order valence-electron chi connectivity index (χ3n) is 4.30. The molecule has 1 heterocycles. The van der Waals surface area contributed by atoms with Crippen molar-refractivity contribution in [2.24, 2.45) is 5.41 Å². The summed E-state index contributed by atoms with van der Waals surface area (Å²) in [6, 6.07) is 7.97. The van der Waals surface area contributed by atoms with Gasteiger partial charge in [0.2, 0.25) is 0 Å². The second kappa shape index (κ2) is 4.54. The Hall–Kier alpha value is -1.53. The van der Waals surface area contributed by atoms with Gasteiger partial charge in [-0.15, -0.1) is 11.6 Å². The van der Waals surface area contributed by atoms with E-state index in [1.807, 2.05) is 18.2 Å². The summed E-state index contributed by atoms with van der Waals surface area (Å²) in [7, 11) is 0. The first kappa shape index (κ1) is 12.5. The molecule has 0 saturated heterocycles. The lowest BCUT2D eigenvalue weighted by atomic mass is 10.0. The van der Waals surface area contributed by atoms with Crippen LogP contribution in [-0.4, -0.2) is 9.55 Å². The summed E-state index contributed by atoms with van der Waals surface area (Å²) in [4.78, 5) is 4.56. The molecule has 1 aliphatic rings. The predicted octanol–water partition coefficient (Wildman–Crippen LogP) is 3.84. The maximum absolute atomic E-state index is 9.17. The monoisotopic (exact) mass is 273 g/mol. The third-order valence-corrected chi connectivity index (χ3v) is 4.54. The SMILES string of the molecule is CCC1(Cn2c(CCl)nc3c(C#N)cccc32)CC1. The Kier molecular flexibility index (Phi) is 2.99. The van der Waals surface area contributed by atoms with Crippen LogP contribution in [0.25, 0.3) is 11.0 Å². The smallest absolute Gasteiger partial charge is 0.124 e. The lowest BCUT2D eigenvalue weighted by Crippen LogP contribution is -2.12. The summed E-state index contributed by atoms with van der Waals surface area (Å²) >= 11 is 6.03. The molecule has 0 radical (unpaired) electrons. The average molecular weight is 274 g/mol. The zero-order valence-electron chi connectivity index (χ0n) is 11.0. The van der Waals surface area contributed by atoms with Crippen molar-refractivity contribution in [2.75, 3.05) is 0 Å².